The van der Waals surface area contributed by atoms with Gasteiger partial charge in [0.15, 0.2) is 0 Å². The second-order valence-electron chi connectivity index (χ2n) is 6.11. The molecule has 0 aromatic rings. The van der Waals surface area contributed by atoms with Crippen LogP contribution in [0, 0.1) is 17.8 Å². The van der Waals surface area contributed by atoms with Crippen LogP contribution in [0.15, 0.2) is 0 Å². The molecule has 0 aromatic heterocycles. The summed E-state index contributed by atoms with van der Waals surface area (Å²) in [5.41, 5.74) is 0. The molecule has 1 heteroatoms. The van der Waals surface area contributed by atoms with Crippen LogP contribution in [0.1, 0.15) is 53.4 Å². The largest absolute Gasteiger partial charge is 0.303 e. The van der Waals surface area contributed by atoms with Crippen molar-refractivity contribution in [3.05, 3.63) is 0 Å². The molecule has 1 aliphatic heterocycles. The SMILES string of the molecule is CC(C)CCC1CCN(CC(C)C)CC1. The summed E-state index contributed by atoms with van der Waals surface area (Å²) in [5.74, 6) is 2.74. The molecule has 0 amide bonds. The molecule has 1 aliphatic rings. The van der Waals surface area contributed by atoms with Gasteiger partial charge in [-0.3, -0.25) is 0 Å². The molecule has 90 valence electrons. The third-order valence-electron chi connectivity index (χ3n) is 3.48. The molecule has 0 unspecified atom stereocenters. The average molecular weight is 211 g/mol. The molecule has 0 bridgehead atoms. The lowest BCUT2D eigenvalue weighted by atomic mass is 9.89. The minimum Gasteiger partial charge on any atom is -0.303 e. The first kappa shape index (κ1) is 13.0. The van der Waals surface area contributed by atoms with E-state index >= 15 is 0 Å². The first-order valence-corrected chi connectivity index (χ1v) is 6.80. The maximum absolute atomic E-state index is 2.65. The molecule has 0 saturated carbocycles. The fraction of sp³-hybridized carbons (Fsp3) is 1.00. The third-order valence-corrected chi connectivity index (χ3v) is 3.48. The van der Waals surface area contributed by atoms with E-state index in [1.165, 1.54) is 45.3 Å². The highest BCUT2D eigenvalue weighted by molar-refractivity contribution is 4.73. The van der Waals surface area contributed by atoms with Crippen molar-refractivity contribution in [1.29, 1.82) is 0 Å². The maximum atomic E-state index is 2.65. The van der Waals surface area contributed by atoms with Gasteiger partial charge >= 0.3 is 0 Å². The molecule has 1 saturated heterocycles. The standard InChI is InChI=1S/C14H29N/c1-12(2)5-6-14-7-9-15(10-8-14)11-13(3)4/h12-14H,5-11H2,1-4H3. The van der Waals surface area contributed by atoms with E-state index in [1.54, 1.807) is 0 Å². The zero-order valence-electron chi connectivity index (χ0n) is 11.1. The topological polar surface area (TPSA) is 3.24 Å². The summed E-state index contributed by atoms with van der Waals surface area (Å²) in [6.45, 7) is 13.3. The normalized spacial score (nSPS) is 20.4. The molecule has 0 radical (unpaired) electrons. The first-order chi connectivity index (χ1) is 7.08. The summed E-state index contributed by atoms with van der Waals surface area (Å²) in [7, 11) is 0. The smallest absolute Gasteiger partial charge is 0.000439 e. The summed E-state index contributed by atoms with van der Waals surface area (Å²) >= 11 is 0. The highest BCUT2D eigenvalue weighted by atomic mass is 15.1. The molecule has 1 heterocycles. The number of hydrogen-bond donors (Lipinski definition) is 0. The molecular weight excluding hydrogens is 182 g/mol. The number of likely N-dealkylation sites (tertiary alicyclic amines) is 1. The molecule has 0 aromatic carbocycles. The average Bonchev–Trinajstić information content (AvgIpc) is 2.16. The Morgan fingerprint density at radius 1 is 1.00 bits per heavy atom. The molecule has 0 spiro atoms. The Kier molecular flexibility index (Phi) is 5.66. The summed E-state index contributed by atoms with van der Waals surface area (Å²) < 4.78 is 0. The Balaban J connectivity index is 2.12. The fourth-order valence-electron chi connectivity index (χ4n) is 2.54. The van der Waals surface area contributed by atoms with Crippen molar-refractivity contribution in [2.24, 2.45) is 17.8 Å². The van der Waals surface area contributed by atoms with Crippen molar-refractivity contribution in [3.8, 4) is 0 Å². The van der Waals surface area contributed by atoms with Crippen molar-refractivity contribution in [2.45, 2.75) is 53.4 Å². The maximum Gasteiger partial charge on any atom is 0.000439 e. The van der Waals surface area contributed by atoms with Crippen LogP contribution in [0.2, 0.25) is 0 Å². The van der Waals surface area contributed by atoms with Crippen molar-refractivity contribution in [1.82, 2.24) is 4.90 Å². The quantitative estimate of drug-likeness (QED) is 0.669. The minimum absolute atomic E-state index is 0.831. The second-order valence-corrected chi connectivity index (χ2v) is 6.11. The van der Waals surface area contributed by atoms with Gasteiger partial charge in [0.25, 0.3) is 0 Å². The second kappa shape index (κ2) is 6.52. The van der Waals surface area contributed by atoms with Gasteiger partial charge in [-0.05, 0) is 43.7 Å². The van der Waals surface area contributed by atoms with Crippen LogP contribution in [0.4, 0.5) is 0 Å². The van der Waals surface area contributed by atoms with Crippen molar-refractivity contribution < 1.29 is 0 Å². The zero-order valence-corrected chi connectivity index (χ0v) is 11.1. The molecule has 0 aliphatic carbocycles. The van der Waals surface area contributed by atoms with Crippen LogP contribution < -0.4 is 0 Å². The van der Waals surface area contributed by atoms with E-state index in [2.05, 4.69) is 32.6 Å². The molecule has 0 atom stereocenters. The lowest BCUT2D eigenvalue weighted by molar-refractivity contribution is 0.160. The summed E-state index contributed by atoms with van der Waals surface area (Å²) in [6, 6.07) is 0. The highest BCUT2D eigenvalue weighted by Crippen LogP contribution is 2.24. The predicted octanol–water partition coefficient (Wildman–Crippen LogP) is 3.79. The Hall–Kier alpha value is -0.0400. The zero-order chi connectivity index (χ0) is 11.3. The molecular formula is C14H29N. The van der Waals surface area contributed by atoms with E-state index in [0.29, 0.717) is 0 Å². The van der Waals surface area contributed by atoms with E-state index in [-0.39, 0.29) is 0 Å². The Bertz CT molecular complexity index is 155. The fourth-order valence-corrected chi connectivity index (χ4v) is 2.54. The van der Waals surface area contributed by atoms with Gasteiger partial charge in [0.05, 0.1) is 0 Å². The van der Waals surface area contributed by atoms with Crippen molar-refractivity contribution in [2.75, 3.05) is 19.6 Å². The Morgan fingerprint density at radius 3 is 2.07 bits per heavy atom. The van der Waals surface area contributed by atoms with E-state index in [1.807, 2.05) is 0 Å². The number of nitrogens with zero attached hydrogens (tertiary/aromatic N) is 1. The van der Waals surface area contributed by atoms with Gasteiger partial charge in [-0.1, -0.05) is 40.5 Å². The van der Waals surface area contributed by atoms with Gasteiger partial charge in [0, 0.05) is 6.54 Å². The monoisotopic (exact) mass is 211 g/mol. The van der Waals surface area contributed by atoms with Crippen LogP contribution in [-0.2, 0) is 0 Å². The number of piperidine rings is 1. The summed E-state index contributed by atoms with van der Waals surface area (Å²) in [6.07, 6.45) is 5.78. The van der Waals surface area contributed by atoms with Crippen molar-refractivity contribution >= 4 is 0 Å². The molecule has 1 rings (SSSR count). The molecule has 0 N–H and O–H groups in total. The van der Waals surface area contributed by atoms with Gasteiger partial charge in [-0.2, -0.15) is 0 Å². The first-order valence-electron chi connectivity index (χ1n) is 6.80. The van der Waals surface area contributed by atoms with Crippen LogP contribution in [0.25, 0.3) is 0 Å². The van der Waals surface area contributed by atoms with Crippen LogP contribution >= 0.6 is 0 Å². The van der Waals surface area contributed by atoms with Crippen molar-refractivity contribution in [3.63, 3.8) is 0 Å². The molecule has 1 fully saturated rings. The summed E-state index contributed by atoms with van der Waals surface area (Å²) in [4.78, 5) is 2.65. The van der Waals surface area contributed by atoms with E-state index in [4.69, 9.17) is 0 Å². The van der Waals surface area contributed by atoms with E-state index in [0.717, 1.165) is 17.8 Å². The van der Waals surface area contributed by atoms with Gasteiger partial charge in [-0.15, -0.1) is 0 Å². The van der Waals surface area contributed by atoms with Crippen LogP contribution in [-0.4, -0.2) is 24.5 Å². The number of rotatable bonds is 5. The lowest BCUT2D eigenvalue weighted by Gasteiger charge is -2.33. The van der Waals surface area contributed by atoms with Gasteiger partial charge < -0.3 is 4.90 Å². The van der Waals surface area contributed by atoms with Gasteiger partial charge in [0.1, 0.15) is 0 Å². The van der Waals surface area contributed by atoms with Gasteiger partial charge in [-0.25, -0.2) is 0 Å². The highest BCUT2D eigenvalue weighted by Gasteiger charge is 2.19. The van der Waals surface area contributed by atoms with Crippen LogP contribution in [0.3, 0.4) is 0 Å². The van der Waals surface area contributed by atoms with E-state index < -0.39 is 0 Å². The summed E-state index contributed by atoms with van der Waals surface area (Å²) in [5, 5.41) is 0. The molecule has 15 heavy (non-hydrogen) atoms. The minimum atomic E-state index is 0.831. The predicted molar refractivity (Wildman–Crippen MR) is 68.1 cm³/mol. The number of hydrogen-bond acceptors (Lipinski definition) is 1. The third kappa shape index (κ3) is 5.55. The van der Waals surface area contributed by atoms with Gasteiger partial charge in [0.2, 0.25) is 0 Å². The Morgan fingerprint density at radius 2 is 1.60 bits per heavy atom. The van der Waals surface area contributed by atoms with Crippen LogP contribution in [0.5, 0.6) is 0 Å². The van der Waals surface area contributed by atoms with E-state index in [9.17, 15) is 0 Å². The molecule has 1 nitrogen and oxygen atoms in total. The lowest BCUT2D eigenvalue weighted by Crippen LogP contribution is -2.36. The Labute approximate surface area is 96.2 Å².